The van der Waals surface area contributed by atoms with Crippen LogP contribution in [0, 0.1) is 0 Å². The lowest BCUT2D eigenvalue weighted by Gasteiger charge is -2.04. The van der Waals surface area contributed by atoms with Crippen LogP contribution in [0.1, 0.15) is 53.0 Å². The Labute approximate surface area is 118 Å². The molecule has 0 unspecified atom stereocenters. The van der Waals surface area contributed by atoms with E-state index in [4.69, 9.17) is 4.74 Å². The second-order valence-electron chi connectivity index (χ2n) is 5.17. The summed E-state index contributed by atoms with van der Waals surface area (Å²) in [5.74, 6) is -0.127. The fourth-order valence-corrected chi connectivity index (χ4v) is 2.32. The molecule has 3 nitrogen and oxygen atoms in total. The van der Waals surface area contributed by atoms with Crippen molar-refractivity contribution in [1.29, 1.82) is 0 Å². The zero-order chi connectivity index (χ0) is 14.9. The molecular weight excluding hydrogens is 252 g/mol. The second-order valence-corrected chi connectivity index (χ2v) is 5.17. The molecule has 0 aromatic carbocycles. The van der Waals surface area contributed by atoms with Crippen molar-refractivity contribution in [3.63, 3.8) is 0 Å². The Balaban J connectivity index is 2.76. The number of carbonyl (C=O) groups is 2. The molecule has 2 aliphatic carbocycles. The molecule has 0 N–H and O–H groups in total. The van der Waals surface area contributed by atoms with Crippen LogP contribution in [0.2, 0.25) is 0 Å². The van der Waals surface area contributed by atoms with E-state index in [1.54, 1.807) is 6.07 Å². The summed E-state index contributed by atoms with van der Waals surface area (Å²) in [5.41, 5.74) is 3.70. The monoisotopic (exact) mass is 270 g/mol. The molecule has 0 saturated carbocycles. The quantitative estimate of drug-likeness (QED) is 0.627. The zero-order valence-electron chi connectivity index (χ0n) is 12.2. The number of ketones is 1. The third-order valence-electron chi connectivity index (χ3n) is 3.47. The number of methoxy groups -OCH3 is 1. The maximum atomic E-state index is 11.9. The molecule has 0 aromatic rings. The largest absolute Gasteiger partial charge is 0.465 e. The van der Waals surface area contributed by atoms with Gasteiger partial charge in [0.05, 0.1) is 12.7 Å². The van der Waals surface area contributed by atoms with Crippen LogP contribution in [0.15, 0.2) is 30.3 Å². The van der Waals surface area contributed by atoms with E-state index in [0.29, 0.717) is 17.0 Å². The van der Waals surface area contributed by atoms with Crippen LogP contribution in [-0.4, -0.2) is 18.9 Å². The molecular formula is C17H18O3. The maximum Gasteiger partial charge on any atom is 0.338 e. The van der Waals surface area contributed by atoms with Gasteiger partial charge in [-0.05, 0) is 35.6 Å². The highest BCUT2D eigenvalue weighted by Crippen LogP contribution is 2.34. The van der Waals surface area contributed by atoms with Gasteiger partial charge in [0.2, 0.25) is 0 Å². The average Bonchev–Trinajstić information content (AvgIpc) is 2.61. The minimum Gasteiger partial charge on any atom is -0.465 e. The highest BCUT2D eigenvalue weighted by atomic mass is 16.5. The van der Waals surface area contributed by atoms with E-state index in [0.717, 1.165) is 16.7 Å². The fraction of sp³-hybridized carbons (Fsp3) is 0.294. The first-order chi connectivity index (χ1) is 9.45. The Morgan fingerprint density at radius 1 is 1.05 bits per heavy atom. The van der Waals surface area contributed by atoms with Crippen molar-refractivity contribution in [3.05, 3.63) is 47.0 Å². The van der Waals surface area contributed by atoms with E-state index in [9.17, 15) is 9.59 Å². The van der Waals surface area contributed by atoms with Crippen molar-refractivity contribution in [3.8, 4) is 11.1 Å². The molecule has 2 rings (SSSR count). The minimum atomic E-state index is -0.414. The third kappa shape index (κ3) is 2.44. The number of esters is 1. The van der Waals surface area contributed by atoms with Crippen LogP contribution in [0.3, 0.4) is 0 Å². The van der Waals surface area contributed by atoms with Gasteiger partial charge in [0.1, 0.15) is 0 Å². The summed E-state index contributed by atoms with van der Waals surface area (Å²) in [6.07, 6.45) is 0. The fourth-order valence-electron chi connectivity index (χ4n) is 2.32. The van der Waals surface area contributed by atoms with Crippen molar-refractivity contribution in [2.24, 2.45) is 0 Å². The van der Waals surface area contributed by atoms with Gasteiger partial charge in [0.15, 0.2) is 5.78 Å². The summed E-state index contributed by atoms with van der Waals surface area (Å²) in [7, 11) is 1.35. The van der Waals surface area contributed by atoms with Gasteiger partial charge in [-0.3, -0.25) is 4.79 Å². The van der Waals surface area contributed by atoms with Crippen molar-refractivity contribution in [2.45, 2.75) is 26.7 Å². The van der Waals surface area contributed by atoms with E-state index >= 15 is 0 Å². The molecule has 0 aromatic heterocycles. The standard InChI is InChI=1S/C17H18O3/c1-10(2)12-6-5-7-13-14(11(3)18)9-16(15(13)8-12)17(19)20-4/h5-10H,1-4H3. The molecule has 0 bridgehead atoms. The molecule has 20 heavy (non-hydrogen) atoms. The molecule has 3 heteroatoms. The average molecular weight is 270 g/mol. The number of ether oxygens (including phenoxy) is 1. The molecule has 0 aliphatic heterocycles. The van der Waals surface area contributed by atoms with Crippen molar-refractivity contribution >= 4 is 11.8 Å². The van der Waals surface area contributed by atoms with Crippen LogP contribution >= 0.6 is 0 Å². The van der Waals surface area contributed by atoms with Gasteiger partial charge < -0.3 is 4.74 Å². The summed E-state index contributed by atoms with van der Waals surface area (Å²) in [6, 6.07) is 9.41. The van der Waals surface area contributed by atoms with E-state index in [2.05, 4.69) is 13.8 Å². The van der Waals surface area contributed by atoms with Gasteiger partial charge in [-0.2, -0.15) is 0 Å². The van der Waals surface area contributed by atoms with Gasteiger partial charge >= 0.3 is 5.97 Å². The lowest BCUT2D eigenvalue weighted by molar-refractivity contribution is 0.0602. The Hall–Kier alpha value is -2.16. The number of Topliss-reactive ketones (excluding diaryl/α,β-unsaturated/α-hetero) is 1. The minimum absolute atomic E-state index is 0.0533. The summed E-state index contributed by atoms with van der Waals surface area (Å²) in [4.78, 5) is 23.7. The van der Waals surface area contributed by atoms with E-state index in [1.165, 1.54) is 14.0 Å². The molecule has 0 heterocycles. The van der Waals surface area contributed by atoms with Crippen LogP contribution in [0.25, 0.3) is 11.1 Å². The van der Waals surface area contributed by atoms with Crippen molar-refractivity contribution in [2.75, 3.05) is 7.11 Å². The summed E-state index contributed by atoms with van der Waals surface area (Å²) >= 11 is 0. The highest BCUT2D eigenvalue weighted by Gasteiger charge is 2.22. The Morgan fingerprint density at radius 3 is 2.30 bits per heavy atom. The number of fused-ring (bicyclic) bond motifs is 1. The number of hydrogen-bond acceptors (Lipinski definition) is 3. The highest BCUT2D eigenvalue weighted by molar-refractivity contribution is 6.09. The molecule has 0 fully saturated rings. The van der Waals surface area contributed by atoms with Crippen LogP contribution in [-0.2, 0) is 4.74 Å². The van der Waals surface area contributed by atoms with Gasteiger partial charge in [-0.1, -0.05) is 38.1 Å². The second kappa shape index (κ2) is 5.45. The summed E-state index contributed by atoms with van der Waals surface area (Å²) in [6.45, 7) is 5.69. The molecule has 0 saturated heterocycles. The third-order valence-corrected chi connectivity index (χ3v) is 3.47. The van der Waals surface area contributed by atoms with Crippen molar-refractivity contribution in [1.82, 2.24) is 0 Å². The molecule has 0 amide bonds. The SMILES string of the molecule is COC(=O)c1cc(C(C)=O)c2cccc(C(C)C)cc1-2. The molecule has 104 valence electrons. The van der Waals surface area contributed by atoms with Crippen LogP contribution in [0.5, 0.6) is 0 Å². The van der Waals surface area contributed by atoms with Gasteiger partial charge in [-0.25, -0.2) is 4.79 Å². The van der Waals surface area contributed by atoms with Gasteiger partial charge in [-0.15, -0.1) is 0 Å². The summed E-state index contributed by atoms with van der Waals surface area (Å²) in [5, 5.41) is 0. The molecule has 0 radical (unpaired) electrons. The topological polar surface area (TPSA) is 43.4 Å². The molecule has 2 aliphatic rings. The predicted molar refractivity (Wildman–Crippen MR) is 78.5 cm³/mol. The first-order valence-electron chi connectivity index (χ1n) is 6.61. The number of hydrogen-bond donors (Lipinski definition) is 0. The maximum absolute atomic E-state index is 11.9. The summed E-state index contributed by atoms with van der Waals surface area (Å²) < 4.78 is 4.82. The molecule has 0 spiro atoms. The Morgan fingerprint density at radius 2 is 1.75 bits per heavy atom. The lowest BCUT2D eigenvalue weighted by Crippen LogP contribution is -2.00. The molecule has 0 atom stereocenters. The predicted octanol–water partition coefficient (Wildman–Crippen LogP) is 3.90. The van der Waals surface area contributed by atoms with Crippen molar-refractivity contribution < 1.29 is 14.3 Å². The Bertz CT molecular complexity index is 641. The Kier molecular flexibility index (Phi) is 3.89. The van der Waals surface area contributed by atoms with E-state index < -0.39 is 5.97 Å². The number of carbonyl (C=O) groups excluding carboxylic acids is 2. The van der Waals surface area contributed by atoms with E-state index in [1.807, 2.05) is 24.3 Å². The number of rotatable bonds is 3. The van der Waals surface area contributed by atoms with Gasteiger partial charge in [0, 0.05) is 5.56 Å². The van der Waals surface area contributed by atoms with Crippen LogP contribution in [0.4, 0.5) is 0 Å². The zero-order valence-corrected chi connectivity index (χ0v) is 12.2. The lowest BCUT2D eigenvalue weighted by atomic mass is 10.0. The normalized spacial score (nSPS) is 10.8. The van der Waals surface area contributed by atoms with Crippen LogP contribution < -0.4 is 0 Å². The first-order valence-corrected chi connectivity index (χ1v) is 6.61. The first kappa shape index (κ1) is 14.3. The smallest absolute Gasteiger partial charge is 0.338 e. The van der Waals surface area contributed by atoms with E-state index in [-0.39, 0.29) is 5.78 Å². The van der Waals surface area contributed by atoms with Gasteiger partial charge in [0.25, 0.3) is 0 Å².